The second-order valence-electron chi connectivity index (χ2n) is 5.56. The molecule has 0 radical (unpaired) electrons. The van der Waals surface area contributed by atoms with Crippen molar-refractivity contribution in [3.05, 3.63) is 69.0 Å². The summed E-state index contributed by atoms with van der Waals surface area (Å²) in [4.78, 5) is 12.3. The number of anilines is 1. The molecule has 0 saturated carbocycles. The molecule has 4 nitrogen and oxygen atoms in total. The molecule has 25 heavy (non-hydrogen) atoms. The number of benzene rings is 2. The van der Waals surface area contributed by atoms with Gasteiger partial charge in [-0.25, -0.2) is 4.39 Å². The van der Waals surface area contributed by atoms with Gasteiger partial charge < -0.3 is 5.32 Å². The predicted molar refractivity (Wildman–Crippen MR) is 103 cm³/mol. The summed E-state index contributed by atoms with van der Waals surface area (Å²) < 4.78 is 16.1. The maximum absolute atomic E-state index is 13.0. The Kier molecular flexibility index (Phi) is 5.34. The zero-order valence-electron chi connectivity index (χ0n) is 13.3. The van der Waals surface area contributed by atoms with Crippen molar-refractivity contribution in [1.29, 1.82) is 0 Å². The van der Waals surface area contributed by atoms with Crippen molar-refractivity contribution in [3.8, 4) is 11.3 Å². The van der Waals surface area contributed by atoms with Gasteiger partial charge in [0.25, 0.3) is 0 Å². The highest BCUT2D eigenvalue weighted by atomic mass is 79.9. The van der Waals surface area contributed by atoms with Crippen molar-refractivity contribution in [3.63, 3.8) is 0 Å². The Hall–Kier alpha value is -1.99. The molecule has 2 aromatic carbocycles. The highest BCUT2D eigenvalue weighted by Crippen LogP contribution is 2.32. The van der Waals surface area contributed by atoms with Crippen LogP contribution in [0.2, 0.25) is 0 Å². The van der Waals surface area contributed by atoms with Gasteiger partial charge in [0.1, 0.15) is 12.4 Å². The van der Waals surface area contributed by atoms with E-state index >= 15 is 0 Å². The van der Waals surface area contributed by atoms with Gasteiger partial charge in [-0.3, -0.25) is 9.48 Å². The van der Waals surface area contributed by atoms with E-state index in [0.29, 0.717) is 11.4 Å². The second-order valence-corrected chi connectivity index (χ2v) is 7.27. The average molecular weight is 467 g/mol. The lowest BCUT2D eigenvalue weighted by Crippen LogP contribution is -2.19. The Morgan fingerprint density at radius 3 is 2.44 bits per heavy atom. The van der Waals surface area contributed by atoms with E-state index in [-0.39, 0.29) is 18.3 Å². The molecule has 0 spiro atoms. The Morgan fingerprint density at radius 2 is 1.80 bits per heavy atom. The van der Waals surface area contributed by atoms with Gasteiger partial charge >= 0.3 is 0 Å². The molecule has 1 heterocycles. The molecule has 0 saturated heterocycles. The Bertz CT molecular complexity index is 899. The lowest BCUT2D eigenvalue weighted by atomic mass is 10.1. The lowest BCUT2D eigenvalue weighted by molar-refractivity contribution is -0.116. The third kappa shape index (κ3) is 4.35. The quantitative estimate of drug-likeness (QED) is 0.577. The number of rotatable bonds is 4. The van der Waals surface area contributed by atoms with E-state index < -0.39 is 0 Å². The number of amides is 1. The van der Waals surface area contributed by atoms with Gasteiger partial charge in [0.15, 0.2) is 0 Å². The summed E-state index contributed by atoms with van der Waals surface area (Å²) >= 11 is 6.91. The van der Waals surface area contributed by atoms with Gasteiger partial charge in [0.2, 0.25) is 5.91 Å². The molecule has 3 rings (SSSR count). The monoisotopic (exact) mass is 465 g/mol. The lowest BCUT2D eigenvalue weighted by Gasteiger charge is -2.11. The number of nitrogens with one attached hydrogen (secondary N) is 1. The van der Waals surface area contributed by atoms with Gasteiger partial charge in [-0.15, -0.1) is 0 Å². The minimum atomic E-state index is -0.295. The van der Waals surface area contributed by atoms with Crippen LogP contribution in [-0.2, 0) is 11.3 Å². The largest absolute Gasteiger partial charge is 0.323 e. The van der Waals surface area contributed by atoms with E-state index in [0.717, 1.165) is 20.1 Å². The van der Waals surface area contributed by atoms with Crippen LogP contribution >= 0.6 is 31.9 Å². The van der Waals surface area contributed by atoms with Gasteiger partial charge in [-0.05, 0) is 86.8 Å². The minimum absolute atomic E-state index is 0.0773. The molecule has 0 bridgehead atoms. The zero-order valence-corrected chi connectivity index (χ0v) is 16.4. The first kappa shape index (κ1) is 17.8. The Morgan fingerprint density at radius 1 is 1.16 bits per heavy atom. The molecule has 0 aliphatic rings. The van der Waals surface area contributed by atoms with Crippen LogP contribution in [0.4, 0.5) is 10.1 Å². The molecule has 0 unspecified atom stereocenters. The number of carbonyl (C=O) groups excluding carboxylic acids is 1. The van der Waals surface area contributed by atoms with Gasteiger partial charge in [-0.1, -0.05) is 0 Å². The first-order chi connectivity index (χ1) is 11.9. The maximum Gasteiger partial charge on any atom is 0.246 e. The summed E-state index contributed by atoms with van der Waals surface area (Å²) in [5.74, 6) is -0.490. The molecular formula is C18H14Br2FN3O. The topological polar surface area (TPSA) is 46.9 Å². The summed E-state index contributed by atoms with van der Waals surface area (Å²) in [5, 5.41) is 7.23. The van der Waals surface area contributed by atoms with E-state index in [9.17, 15) is 9.18 Å². The Labute approximate surface area is 161 Å². The number of aryl methyl sites for hydroxylation is 1. The molecule has 128 valence electrons. The molecule has 0 aliphatic carbocycles. The third-order valence-electron chi connectivity index (χ3n) is 3.54. The van der Waals surface area contributed by atoms with Crippen molar-refractivity contribution in [2.75, 3.05) is 5.32 Å². The van der Waals surface area contributed by atoms with E-state index in [1.165, 1.54) is 12.1 Å². The highest BCUT2D eigenvalue weighted by molar-refractivity contribution is 9.11. The summed E-state index contributed by atoms with van der Waals surface area (Å²) in [6, 6.07) is 11.7. The summed E-state index contributed by atoms with van der Waals surface area (Å²) in [7, 11) is 0. The predicted octanol–water partition coefficient (Wildman–Crippen LogP) is 5.16. The first-order valence-corrected chi connectivity index (χ1v) is 9.06. The molecular weight excluding hydrogens is 453 g/mol. The molecule has 0 atom stereocenters. The summed E-state index contributed by atoms with van der Waals surface area (Å²) in [6.07, 6.45) is 1.72. The normalized spacial score (nSPS) is 10.7. The fourth-order valence-corrected chi connectivity index (χ4v) is 3.98. The third-order valence-corrected chi connectivity index (χ3v) is 4.79. The van der Waals surface area contributed by atoms with Gasteiger partial charge in [0, 0.05) is 20.7 Å². The van der Waals surface area contributed by atoms with Crippen LogP contribution in [-0.4, -0.2) is 15.7 Å². The minimum Gasteiger partial charge on any atom is -0.323 e. The first-order valence-electron chi connectivity index (χ1n) is 7.47. The average Bonchev–Trinajstić information content (AvgIpc) is 3.00. The molecule has 0 aliphatic heterocycles. The van der Waals surface area contributed by atoms with E-state index in [1.807, 2.05) is 19.1 Å². The number of hydrogen-bond donors (Lipinski definition) is 1. The number of hydrogen-bond acceptors (Lipinski definition) is 2. The van der Waals surface area contributed by atoms with Crippen LogP contribution < -0.4 is 5.32 Å². The second kappa shape index (κ2) is 7.49. The van der Waals surface area contributed by atoms with Crippen molar-refractivity contribution >= 4 is 43.5 Å². The summed E-state index contributed by atoms with van der Waals surface area (Å²) in [6.45, 7) is 2.05. The van der Waals surface area contributed by atoms with Crippen molar-refractivity contribution in [1.82, 2.24) is 9.78 Å². The van der Waals surface area contributed by atoms with Crippen molar-refractivity contribution in [2.45, 2.75) is 13.5 Å². The van der Waals surface area contributed by atoms with Crippen molar-refractivity contribution < 1.29 is 9.18 Å². The molecule has 1 amide bonds. The fourth-order valence-electron chi connectivity index (χ4n) is 2.37. The highest BCUT2D eigenvalue weighted by Gasteiger charge is 2.12. The van der Waals surface area contributed by atoms with Gasteiger partial charge in [-0.2, -0.15) is 5.10 Å². The number of aromatic nitrogens is 2. The standard InChI is InChI=1S/C18H14Br2FN3O/c1-11-8-14(19)18(15(20)9-11)22-17(25)10-24-7-6-16(23-24)12-2-4-13(21)5-3-12/h2-9H,10H2,1H3,(H,22,25). The van der Waals surface area contributed by atoms with E-state index in [2.05, 4.69) is 42.3 Å². The molecule has 3 aromatic rings. The smallest absolute Gasteiger partial charge is 0.246 e. The number of halogens is 3. The van der Waals surface area contributed by atoms with Crippen molar-refractivity contribution in [2.24, 2.45) is 0 Å². The van der Waals surface area contributed by atoms with Crippen LogP contribution in [0.1, 0.15) is 5.56 Å². The van der Waals surface area contributed by atoms with Crippen LogP contribution in [0.5, 0.6) is 0 Å². The van der Waals surface area contributed by atoms with Crippen LogP contribution in [0.3, 0.4) is 0 Å². The fraction of sp³-hybridized carbons (Fsp3) is 0.111. The molecule has 0 fully saturated rings. The molecule has 1 aromatic heterocycles. The van der Waals surface area contributed by atoms with E-state index in [4.69, 9.17) is 0 Å². The summed E-state index contributed by atoms with van der Waals surface area (Å²) in [5.41, 5.74) is 3.24. The molecule has 7 heteroatoms. The maximum atomic E-state index is 13.0. The number of nitrogens with zero attached hydrogens (tertiary/aromatic N) is 2. The van der Waals surface area contributed by atoms with E-state index in [1.54, 1.807) is 29.1 Å². The SMILES string of the molecule is Cc1cc(Br)c(NC(=O)Cn2ccc(-c3ccc(F)cc3)n2)c(Br)c1. The van der Waals surface area contributed by atoms with Crippen LogP contribution in [0.25, 0.3) is 11.3 Å². The van der Waals surface area contributed by atoms with Gasteiger partial charge in [0.05, 0.1) is 11.4 Å². The van der Waals surface area contributed by atoms with Crippen LogP contribution in [0, 0.1) is 12.7 Å². The number of carbonyl (C=O) groups is 1. The Balaban J connectivity index is 1.71. The molecule has 1 N–H and O–H groups in total. The van der Waals surface area contributed by atoms with Crippen LogP contribution in [0.15, 0.2) is 57.6 Å². The zero-order chi connectivity index (χ0) is 18.0.